The quantitative estimate of drug-likeness (QED) is 0.548. The lowest BCUT2D eigenvalue weighted by Crippen LogP contribution is -2.34. The van der Waals surface area contributed by atoms with Crippen LogP contribution in [0.25, 0.3) is 0 Å². The smallest absolute Gasteiger partial charge is 0.305 e. The molecule has 1 rings (SSSR count). The Morgan fingerprint density at radius 3 is 2.82 bits per heavy atom. The third-order valence-corrected chi connectivity index (χ3v) is 2.91. The van der Waals surface area contributed by atoms with Gasteiger partial charge in [0.05, 0.1) is 12.7 Å². The average Bonchev–Trinajstić information content (AvgIpc) is 2.33. The predicted octanol–water partition coefficient (Wildman–Crippen LogP) is 1.88. The van der Waals surface area contributed by atoms with Crippen LogP contribution in [0.2, 0.25) is 0 Å². The summed E-state index contributed by atoms with van der Waals surface area (Å²) in [6.45, 7) is 5.88. The molecule has 1 aliphatic rings. The highest BCUT2D eigenvalue weighted by Crippen LogP contribution is 2.11. The third-order valence-electron chi connectivity index (χ3n) is 2.91. The van der Waals surface area contributed by atoms with E-state index in [-0.39, 0.29) is 12.1 Å². The molecule has 1 atom stereocenters. The summed E-state index contributed by atoms with van der Waals surface area (Å²) >= 11 is 0. The molecule has 0 saturated carbocycles. The van der Waals surface area contributed by atoms with Gasteiger partial charge in [0, 0.05) is 12.5 Å². The fraction of sp³-hybridized carbons (Fsp3) is 0.923. The Labute approximate surface area is 104 Å². The van der Waals surface area contributed by atoms with E-state index in [4.69, 9.17) is 9.47 Å². The number of hydrogen-bond donors (Lipinski definition) is 1. The molecule has 1 heterocycles. The number of hydrogen-bond acceptors (Lipinski definition) is 4. The van der Waals surface area contributed by atoms with E-state index in [1.807, 2.05) is 13.8 Å². The van der Waals surface area contributed by atoms with Crippen LogP contribution >= 0.6 is 0 Å². The minimum atomic E-state index is -0.107. The molecule has 0 amide bonds. The summed E-state index contributed by atoms with van der Waals surface area (Å²) < 4.78 is 10.4. The SMILES string of the molecule is CC(C)OCCOC(=O)CCC1CCCCN1. The first-order chi connectivity index (χ1) is 8.18. The lowest BCUT2D eigenvalue weighted by atomic mass is 10.0. The Kier molecular flexibility index (Phi) is 7.21. The Balaban J connectivity index is 1.96. The van der Waals surface area contributed by atoms with Crippen molar-refractivity contribution in [3.05, 3.63) is 0 Å². The number of carbonyl (C=O) groups excluding carboxylic acids is 1. The molecule has 0 aromatic rings. The zero-order chi connectivity index (χ0) is 12.5. The minimum Gasteiger partial charge on any atom is -0.463 e. The zero-order valence-electron chi connectivity index (χ0n) is 11.0. The monoisotopic (exact) mass is 243 g/mol. The van der Waals surface area contributed by atoms with Gasteiger partial charge in [-0.1, -0.05) is 6.42 Å². The zero-order valence-corrected chi connectivity index (χ0v) is 11.0. The number of piperidine rings is 1. The highest BCUT2D eigenvalue weighted by atomic mass is 16.6. The number of rotatable bonds is 7. The second kappa shape index (κ2) is 8.48. The van der Waals surface area contributed by atoms with Gasteiger partial charge < -0.3 is 14.8 Å². The fourth-order valence-corrected chi connectivity index (χ4v) is 1.97. The molecule has 17 heavy (non-hydrogen) atoms. The predicted molar refractivity (Wildman–Crippen MR) is 66.9 cm³/mol. The maximum atomic E-state index is 11.4. The molecular formula is C13H25NO3. The van der Waals surface area contributed by atoms with Crippen molar-refractivity contribution in [1.29, 1.82) is 0 Å². The van der Waals surface area contributed by atoms with Crippen molar-refractivity contribution in [2.45, 2.75) is 58.1 Å². The van der Waals surface area contributed by atoms with Crippen molar-refractivity contribution in [3.8, 4) is 0 Å². The molecule has 0 aromatic carbocycles. The molecular weight excluding hydrogens is 218 g/mol. The molecule has 1 aliphatic heterocycles. The van der Waals surface area contributed by atoms with Gasteiger partial charge in [-0.05, 0) is 39.7 Å². The number of ether oxygens (including phenoxy) is 2. The van der Waals surface area contributed by atoms with Crippen LogP contribution < -0.4 is 5.32 Å². The standard InChI is InChI=1S/C13H25NO3/c1-11(2)16-9-10-17-13(15)7-6-12-5-3-4-8-14-12/h11-12,14H,3-10H2,1-2H3. The van der Waals surface area contributed by atoms with Gasteiger partial charge in [-0.15, -0.1) is 0 Å². The van der Waals surface area contributed by atoms with Gasteiger partial charge in [-0.25, -0.2) is 0 Å². The van der Waals surface area contributed by atoms with Crippen LogP contribution in [-0.2, 0) is 14.3 Å². The first-order valence-electron chi connectivity index (χ1n) is 6.69. The van der Waals surface area contributed by atoms with E-state index in [9.17, 15) is 4.79 Å². The fourth-order valence-electron chi connectivity index (χ4n) is 1.97. The van der Waals surface area contributed by atoms with E-state index in [0.29, 0.717) is 25.7 Å². The van der Waals surface area contributed by atoms with E-state index in [1.165, 1.54) is 19.3 Å². The molecule has 1 unspecified atom stereocenters. The van der Waals surface area contributed by atoms with Gasteiger partial charge in [0.25, 0.3) is 0 Å². The topological polar surface area (TPSA) is 47.6 Å². The molecule has 1 N–H and O–H groups in total. The Morgan fingerprint density at radius 2 is 2.18 bits per heavy atom. The van der Waals surface area contributed by atoms with Gasteiger partial charge in [0.15, 0.2) is 0 Å². The summed E-state index contributed by atoms with van der Waals surface area (Å²) in [6.07, 6.45) is 5.31. The van der Waals surface area contributed by atoms with Crippen LogP contribution in [-0.4, -0.2) is 37.9 Å². The molecule has 4 heteroatoms. The summed E-state index contributed by atoms with van der Waals surface area (Å²) in [4.78, 5) is 11.4. The van der Waals surface area contributed by atoms with E-state index >= 15 is 0 Å². The van der Waals surface area contributed by atoms with Crippen molar-refractivity contribution in [2.75, 3.05) is 19.8 Å². The molecule has 1 saturated heterocycles. The highest BCUT2D eigenvalue weighted by molar-refractivity contribution is 5.69. The molecule has 0 spiro atoms. The van der Waals surface area contributed by atoms with Gasteiger partial charge in [0.2, 0.25) is 0 Å². The van der Waals surface area contributed by atoms with Crippen LogP contribution in [0.3, 0.4) is 0 Å². The molecule has 0 bridgehead atoms. The number of nitrogens with one attached hydrogen (secondary N) is 1. The third kappa shape index (κ3) is 7.34. The van der Waals surface area contributed by atoms with Crippen molar-refractivity contribution in [2.24, 2.45) is 0 Å². The van der Waals surface area contributed by atoms with Crippen molar-refractivity contribution in [3.63, 3.8) is 0 Å². The van der Waals surface area contributed by atoms with E-state index in [0.717, 1.165) is 13.0 Å². The highest BCUT2D eigenvalue weighted by Gasteiger charge is 2.14. The second-order valence-corrected chi connectivity index (χ2v) is 4.83. The van der Waals surface area contributed by atoms with Crippen molar-refractivity contribution >= 4 is 5.97 Å². The summed E-state index contributed by atoms with van der Waals surface area (Å²) in [6, 6.07) is 0.503. The Morgan fingerprint density at radius 1 is 1.35 bits per heavy atom. The molecule has 1 fully saturated rings. The van der Waals surface area contributed by atoms with Crippen LogP contribution in [0.5, 0.6) is 0 Å². The van der Waals surface area contributed by atoms with Crippen LogP contribution in [0.1, 0.15) is 46.0 Å². The van der Waals surface area contributed by atoms with E-state index in [2.05, 4.69) is 5.32 Å². The molecule has 0 radical (unpaired) electrons. The number of carbonyl (C=O) groups is 1. The lowest BCUT2D eigenvalue weighted by molar-refractivity contribution is -0.145. The first-order valence-corrected chi connectivity index (χ1v) is 6.69. The maximum absolute atomic E-state index is 11.4. The minimum absolute atomic E-state index is 0.107. The largest absolute Gasteiger partial charge is 0.463 e. The maximum Gasteiger partial charge on any atom is 0.305 e. The van der Waals surface area contributed by atoms with Gasteiger partial charge >= 0.3 is 5.97 Å². The van der Waals surface area contributed by atoms with E-state index < -0.39 is 0 Å². The summed E-state index contributed by atoms with van der Waals surface area (Å²) in [5, 5.41) is 3.42. The van der Waals surface area contributed by atoms with E-state index in [1.54, 1.807) is 0 Å². The van der Waals surface area contributed by atoms with Gasteiger partial charge in [-0.2, -0.15) is 0 Å². The normalized spacial score (nSPS) is 20.5. The Hall–Kier alpha value is -0.610. The Bertz CT molecular complexity index is 213. The first kappa shape index (κ1) is 14.5. The summed E-state index contributed by atoms with van der Waals surface area (Å²) in [7, 11) is 0. The van der Waals surface area contributed by atoms with Crippen molar-refractivity contribution in [1.82, 2.24) is 5.32 Å². The average molecular weight is 243 g/mol. The lowest BCUT2D eigenvalue weighted by Gasteiger charge is -2.22. The molecule has 0 aromatic heterocycles. The van der Waals surface area contributed by atoms with Crippen LogP contribution in [0.4, 0.5) is 0 Å². The number of esters is 1. The summed E-state index contributed by atoms with van der Waals surface area (Å²) in [5.74, 6) is -0.107. The second-order valence-electron chi connectivity index (χ2n) is 4.83. The van der Waals surface area contributed by atoms with Crippen molar-refractivity contribution < 1.29 is 14.3 Å². The van der Waals surface area contributed by atoms with Gasteiger partial charge in [0.1, 0.15) is 6.61 Å². The molecule has 4 nitrogen and oxygen atoms in total. The molecule has 100 valence electrons. The van der Waals surface area contributed by atoms with Crippen LogP contribution in [0.15, 0.2) is 0 Å². The molecule has 0 aliphatic carbocycles. The summed E-state index contributed by atoms with van der Waals surface area (Å²) in [5.41, 5.74) is 0. The van der Waals surface area contributed by atoms with Gasteiger partial charge in [-0.3, -0.25) is 4.79 Å². The van der Waals surface area contributed by atoms with Crippen LogP contribution in [0, 0.1) is 0 Å².